The predicted octanol–water partition coefficient (Wildman–Crippen LogP) is 8.41. The Bertz CT molecular complexity index is 1100. The normalized spacial score (nSPS) is 15.6. The summed E-state index contributed by atoms with van der Waals surface area (Å²) < 4.78 is 2.78. The van der Waals surface area contributed by atoms with Crippen molar-refractivity contribution in [1.29, 1.82) is 0 Å². The SMILES string of the molecule is CC(C)(C)C1=C(Nc2cccc3c2sc2c(C(C)(C)C)cccc23)C=CCC1. The summed E-state index contributed by atoms with van der Waals surface area (Å²) in [6.45, 7) is 13.9. The van der Waals surface area contributed by atoms with Crippen molar-refractivity contribution >= 4 is 37.2 Å². The monoisotopic (exact) mass is 389 g/mol. The standard InChI is InChI=1S/C26H31NS/c1-25(2,3)19-13-7-8-15-21(19)27-22-16-10-12-18-17-11-9-14-20(26(4,5)6)23(17)28-24(18)22/h8-12,14-16,27H,7,13H2,1-6H3. The molecule has 1 aromatic heterocycles. The van der Waals surface area contributed by atoms with Crippen LogP contribution in [0.2, 0.25) is 0 Å². The Morgan fingerprint density at radius 2 is 1.50 bits per heavy atom. The summed E-state index contributed by atoms with van der Waals surface area (Å²) in [5.74, 6) is 0. The maximum atomic E-state index is 3.80. The Hall–Kier alpha value is -2.06. The summed E-state index contributed by atoms with van der Waals surface area (Å²) in [5, 5.41) is 6.53. The molecule has 0 radical (unpaired) electrons. The van der Waals surface area contributed by atoms with Gasteiger partial charge in [0.1, 0.15) is 0 Å². The molecule has 0 atom stereocenters. The molecule has 0 saturated carbocycles. The first-order chi connectivity index (χ1) is 13.2. The van der Waals surface area contributed by atoms with Crippen molar-refractivity contribution in [3.8, 4) is 0 Å². The van der Waals surface area contributed by atoms with Gasteiger partial charge in [-0.2, -0.15) is 0 Å². The van der Waals surface area contributed by atoms with E-state index >= 15 is 0 Å². The van der Waals surface area contributed by atoms with Crippen molar-refractivity contribution in [2.75, 3.05) is 5.32 Å². The maximum Gasteiger partial charge on any atom is 0.0590 e. The van der Waals surface area contributed by atoms with Crippen molar-refractivity contribution in [2.45, 2.75) is 59.8 Å². The van der Waals surface area contributed by atoms with Gasteiger partial charge in [-0.3, -0.25) is 0 Å². The van der Waals surface area contributed by atoms with Crippen LogP contribution in [0.4, 0.5) is 5.69 Å². The van der Waals surface area contributed by atoms with Crippen LogP contribution in [-0.4, -0.2) is 0 Å². The van der Waals surface area contributed by atoms with Crippen LogP contribution in [0, 0.1) is 5.41 Å². The molecule has 28 heavy (non-hydrogen) atoms. The highest BCUT2D eigenvalue weighted by Gasteiger charge is 2.23. The van der Waals surface area contributed by atoms with E-state index in [4.69, 9.17) is 0 Å². The Labute approximate surface area is 173 Å². The zero-order chi connectivity index (χ0) is 20.1. The average molecular weight is 390 g/mol. The molecule has 0 amide bonds. The Morgan fingerprint density at radius 3 is 2.18 bits per heavy atom. The molecule has 0 saturated heterocycles. The van der Waals surface area contributed by atoms with Crippen molar-refractivity contribution in [3.05, 3.63) is 65.4 Å². The summed E-state index contributed by atoms with van der Waals surface area (Å²) in [7, 11) is 0. The molecule has 4 rings (SSSR count). The summed E-state index contributed by atoms with van der Waals surface area (Å²) in [5.41, 5.74) is 5.78. The number of thiophene rings is 1. The van der Waals surface area contributed by atoms with Gasteiger partial charge in [0.05, 0.1) is 10.4 Å². The highest BCUT2D eigenvalue weighted by Crippen LogP contribution is 2.43. The Kier molecular flexibility index (Phi) is 4.66. The van der Waals surface area contributed by atoms with E-state index in [0.717, 1.165) is 12.8 Å². The fraction of sp³-hybridized carbons (Fsp3) is 0.385. The number of fused-ring (bicyclic) bond motifs is 3. The lowest BCUT2D eigenvalue weighted by atomic mass is 9.80. The largest absolute Gasteiger partial charge is 0.354 e. The van der Waals surface area contributed by atoms with E-state index in [1.54, 1.807) is 0 Å². The number of benzene rings is 2. The average Bonchev–Trinajstić information content (AvgIpc) is 3.00. The van der Waals surface area contributed by atoms with Gasteiger partial charge in [-0.1, -0.05) is 78.0 Å². The van der Waals surface area contributed by atoms with Gasteiger partial charge in [-0.25, -0.2) is 0 Å². The van der Waals surface area contributed by atoms with Crippen LogP contribution in [0.25, 0.3) is 20.2 Å². The van der Waals surface area contributed by atoms with Crippen LogP contribution in [0.3, 0.4) is 0 Å². The van der Waals surface area contributed by atoms with E-state index < -0.39 is 0 Å². The molecule has 2 aromatic carbocycles. The van der Waals surface area contributed by atoms with Gasteiger partial charge in [0.2, 0.25) is 0 Å². The summed E-state index contributed by atoms with van der Waals surface area (Å²) in [6, 6.07) is 13.4. The number of hydrogen-bond acceptors (Lipinski definition) is 2. The molecular weight excluding hydrogens is 358 g/mol. The third-order valence-electron chi connectivity index (χ3n) is 5.68. The van der Waals surface area contributed by atoms with E-state index in [1.165, 1.54) is 42.7 Å². The first-order valence-corrected chi connectivity index (χ1v) is 11.1. The molecule has 0 unspecified atom stereocenters. The second kappa shape index (κ2) is 6.77. The number of nitrogens with one attached hydrogen (secondary N) is 1. The van der Waals surface area contributed by atoms with E-state index in [-0.39, 0.29) is 10.8 Å². The molecule has 0 spiro atoms. The second-order valence-corrected chi connectivity index (χ2v) is 10.9. The van der Waals surface area contributed by atoms with E-state index in [2.05, 4.69) is 95.4 Å². The number of rotatable bonds is 2. The molecule has 3 aromatic rings. The highest BCUT2D eigenvalue weighted by molar-refractivity contribution is 7.26. The third kappa shape index (κ3) is 3.39. The molecule has 0 bridgehead atoms. The van der Waals surface area contributed by atoms with Crippen LogP contribution >= 0.6 is 11.3 Å². The van der Waals surface area contributed by atoms with E-state index in [9.17, 15) is 0 Å². The summed E-state index contributed by atoms with van der Waals surface area (Å²) in [4.78, 5) is 0. The minimum atomic E-state index is 0.141. The zero-order valence-electron chi connectivity index (χ0n) is 17.9. The van der Waals surface area contributed by atoms with Crippen molar-refractivity contribution in [2.24, 2.45) is 5.41 Å². The molecule has 1 aliphatic rings. The first kappa shape index (κ1) is 19.3. The second-order valence-electron chi connectivity index (χ2n) is 9.92. The van der Waals surface area contributed by atoms with Crippen LogP contribution in [0.1, 0.15) is 59.9 Å². The van der Waals surface area contributed by atoms with Crippen molar-refractivity contribution < 1.29 is 0 Å². The summed E-state index contributed by atoms with van der Waals surface area (Å²) in [6.07, 6.45) is 6.84. The Balaban J connectivity index is 1.90. The molecule has 1 nitrogen and oxygen atoms in total. The molecular formula is C26H31NS. The van der Waals surface area contributed by atoms with Crippen molar-refractivity contribution in [3.63, 3.8) is 0 Å². The van der Waals surface area contributed by atoms with Gasteiger partial charge in [-0.15, -0.1) is 11.3 Å². The number of allylic oxidation sites excluding steroid dienone is 3. The smallest absolute Gasteiger partial charge is 0.0590 e. The molecule has 1 N–H and O–H groups in total. The van der Waals surface area contributed by atoms with Gasteiger partial charge in [-0.05, 0) is 47.0 Å². The lowest BCUT2D eigenvalue weighted by Gasteiger charge is -2.28. The van der Waals surface area contributed by atoms with Gasteiger partial charge >= 0.3 is 0 Å². The minimum absolute atomic E-state index is 0.141. The quantitative estimate of drug-likeness (QED) is 0.464. The van der Waals surface area contributed by atoms with Crippen LogP contribution in [0.15, 0.2) is 59.8 Å². The maximum absolute atomic E-state index is 3.80. The molecule has 1 aliphatic carbocycles. The van der Waals surface area contributed by atoms with Crippen molar-refractivity contribution in [1.82, 2.24) is 0 Å². The predicted molar refractivity (Wildman–Crippen MR) is 127 cm³/mol. The number of hydrogen-bond donors (Lipinski definition) is 1. The van der Waals surface area contributed by atoms with Gasteiger partial charge in [0.15, 0.2) is 0 Å². The van der Waals surface area contributed by atoms with Gasteiger partial charge in [0, 0.05) is 21.2 Å². The molecule has 2 heteroatoms. The number of anilines is 1. The molecule has 1 heterocycles. The topological polar surface area (TPSA) is 12.0 Å². The molecule has 0 fully saturated rings. The highest BCUT2D eigenvalue weighted by atomic mass is 32.1. The van der Waals surface area contributed by atoms with Crippen LogP contribution in [0.5, 0.6) is 0 Å². The van der Waals surface area contributed by atoms with Crippen LogP contribution in [-0.2, 0) is 5.41 Å². The van der Waals surface area contributed by atoms with Gasteiger partial charge in [0.25, 0.3) is 0 Å². The summed E-state index contributed by atoms with van der Waals surface area (Å²) >= 11 is 1.93. The van der Waals surface area contributed by atoms with E-state index in [1.807, 2.05) is 11.3 Å². The fourth-order valence-electron chi connectivity index (χ4n) is 4.21. The molecule has 0 aliphatic heterocycles. The zero-order valence-corrected chi connectivity index (χ0v) is 18.8. The third-order valence-corrected chi connectivity index (χ3v) is 6.97. The lowest BCUT2D eigenvalue weighted by molar-refractivity contribution is 0.477. The van der Waals surface area contributed by atoms with Crippen LogP contribution < -0.4 is 5.32 Å². The fourth-order valence-corrected chi connectivity index (χ4v) is 5.71. The van der Waals surface area contributed by atoms with Gasteiger partial charge < -0.3 is 5.32 Å². The Morgan fingerprint density at radius 1 is 0.821 bits per heavy atom. The lowest BCUT2D eigenvalue weighted by Crippen LogP contribution is -2.16. The minimum Gasteiger partial charge on any atom is -0.354 e. The van der Waals surface area contributed by atoms with E-state index in [0.29, 0.717) is 0 Å². The first-order valence-electron chi connectivity index (χ1n) is 10.3. The molecule has 146 valence electrons.